The molecule has 0 aliphatic carbocycles. The highest BCUT2D eigenvalue weighted by molar-refractivity contribution is 5.81. The van der Waals surface area contributed by atoms with Crippen molar-refractivity contribution in [1.82, 2.24) is 19.5 Å². The molecule has 0 atom stereocenters. The zero-order valence-corrected chi connectivity index (χ0v) is 16.3. The number of hydrogen-bond acceptors (Lipinski definition) is 5. The first-order valence-electron chi connectivity index (χ1n) is 9.26. The minimum absolute atomic E-state index is 0.742. The van der Waals surface area contributed by atoms with E-state index in [2.05, 4.69) is 44.5 Å². The number of methoxy groups -OCH3 is 1. The van der Waals surface area contributed by atoms with Crippen molar-refractivity contribution in [2.75, 3.05) is 19.0 Å². The first-order chi connectivity index (χ1) is 13.6. The van der Waals surface area contributed by atoms with Crippen LogP contribution in [-0.4, -0.2) is 33.2 Å². The van der Waals surface area contributed by atoms with Gasteiger partial charge >= 0.3 is 0 Å². The predicted molar refractivity (Wildman–Crippen MR) is 112 cm³/mol. The molecule has 2 heterocycles. The van der Waals surface area contributed by atoms with Crippen LogP contribution in [0.3, 0.4) is 0 Å². The van der Waals surface area contributed by atoms with Crippen molar-refractivity contribution >= 4 is 16.9 Å². The number of ether oxygens (including phenoxy) is 1. The third-order valence-electron chi connectivity index (χ3n) is 4.71. The van der Waals surface area contributed by atoms with Crippen molar-refractivity contribution in [3.63, 3.8) is 0 Å². The van der Waals surface area contributed by atoms with E-state index in [9.17, 15) is 0 Å². The summed E-state index contributed by atoms with van der Waals surface area (Å²) in [4.78, 5) is 13.5. The van der Waals surface area contributed by atoms with Crippen molar-refractivity contribution in [2.45, 2.75) is 13.3 Å². The molecule has 4 aromatic rings. The predicted octanol–water partition coefficient (Wildman–Crippen LogP) is 4.00. The van der Waals surface area contributed by atoms with Crippen LogP contribution in [0.25, 0.3) is 22.3 Å². The van der Waals surface area contributed by atoms with E-state index in [0.717, 1.165) is 52.6 Å². The number of hydrogen-bond donors (Lipinski definition) is 1. The van der Waals surface area contributed by atoms with Gasteiger partial charge in [0.1, 0.15) is 17.4 Å². The molecule has 0 aliphatic heterocycles. The van der Waals surface area contributed by atoms with E-state index >= 15 is 0 Å². The van der Waals surface area contributed by atoms with Gasteiger partial charge in [0.2, 0.25) is 0 Å². The molecule has 1 N–H and O–H groups in total. The lowest BCUT2D eigenvalue weighted by atomic mass is 10.1. The highest BCUT2D eigenvalue weighted by atomic mass is 16.5. The first-order valence-corrected chi connectivity index (χ1v) is 9.26. The maximum absolute atomic E-state index is 5.29. The number of imidazole rings is 1. The molecule has 0 fully saturated rings. The number of aryl methyl sites for hydroxylation is 2. The largest absolute Gasteiger partial charge is 0.497 e. The Labute approximate surface area is 164 Å². The van der Waals surface area contributed by atoms with Crippen LogP contribution in [-0.2, 0) is 13.5 Å². The first kappa shape index (κ1) is 18.0. The quantitative estimate of drug-likeness (QED) is 0.553. The number of nitrogens with one attached hydrogen (secondary N) is 1. The molecule has 0 amide bonds. The van der Waals surface area contributed by atoms with Gasteiger partial charge in [-0.25, -0.2) is 15.0 Å². The lowest BCUT2D eigenvalue weighted by Crippen LogP contribution is -2.08. The van der Waals surface area contributed by atoms with E-state index in [-0.39, 0.29) is 0 Å². The molecular weight excluding hydrogens is 350 g/mol. The lowest BCUT2D eigenvalue weighted by Gasteiger charge is -2.10. The number of aromatic nitrogens is 4. The van der Waals surface area contributed by atoms with Crippen LogP contribution in [0.5, 0.6) is 5.75 Å². The SMILES string of the molecule is COc1cccc(CCNc2cc(-c3ccc4ncn(C)c4c3)nc(C)n2)c1. The molecule has 0 saturated heterocycles. The average molecular weight is 373 g/mol. The average Bonchev–Trinajstić information content (AvgIpc) is 3.08. The Hall–Kier alpha value is -3.41. The van der Waals surface area contributed by atoms with Gasteiger partial charge in [-0.15, -0.1) is 0 Å². The summed E-state index contributed by atoms with van der Waals surface area (Å²) in [5.41, 5.74) is 5.24. The molecule has 28 heavy (non-hydrogen) atoms. The zero-order chi connectivity index (χ0) is 19.5. The number of fused-ring (bicyclic) bond motifs is 1. The molecule has 6 nitrogen and oxygen atoms in total. The molecular formula is C22H23N5O. The molecule has 142 valence electrons. The Morgan fingerprint density at radius 2 is 1.96 bits per heavy atom. The Morgan fingerprint density at radius 3 is 2.82 bits per heavy atom. The van der Waals surface area contributed by atoms with Gasteiger partial charge in [0.15, 0.2) is 0 Å². The maximum atomic E-state index is 5.29. The Kier molecular flexibility index (Phi) is 4.93. The second kappa shape index (κ2) is 7.68. The molecule has 6 heteroatoms. The highest BCUT2D eigenvalue weighted by Crippen LogP contribution is 2.24. The molecule has 0 spiro atoms. The smallest absolute Gasteiger partial charge is 0.130 e. The minimum atomic E-state index is 0.742. The van der Waals surface area contributed by atoms with Crippen molar-refractivity contribution in [2.24, 2.45) is 7.05 Å². The van der Waals surface area contributed by atoms with Gasteiger partial charge in [0, 0.05) is 25.2 Å². The van der Waals surface area contributed by atoms with Crippen LogP contribution >= 0.6 is 0 Å². The monoisotopic (exact) mass is 373 g/mol. The number of anilines is 1. The highest BCUT2D eigenvalue weighted by Gasteiger charge is 2.08. The van der Waals surface area contributed by atoms with Crippen LogP contribution in [0.2, 0.25) is 0 Å². The minimum Gasteiger partial charge on any atom is -0.497 e. The van der Waals surface area contributed by atoms with Crippen LogP contribution < -0.4 is 10.1 Å². The number of nitrogens with zero attached hydrogens (tertiary/aromatic N) is 4. The summed E-state index contributed by atoms with van der Waals surface area (Å²) in [6, 6.07) is 16.3. The van der Waals surface area contributed by atoms with Crippen LogP contribution in [0.1, 0.15) is 11.4 Å². The third kappa shape index (κ3) is 3.81. The summed E-state index contributed by atoms with van der Waals surface area (Å²) in [5.74, 6) is 2.45. The summed E-state index contributed by atoms with van der Waals surface area (Å²) in [6.45, 7) is 2.70. The van der Waals surface area contributed by atoms with Crippen molar-refractivity contribution < 1.29 is 4.74 Å². The van der Waals surface area contributed by atoms with Gasteiger partial charge in [-0.2, -0.15) is 0 Å². The Bertz CT molecular complexity index is 1120. The van der Waals surface area contributed by atoms with Gasteiger partial charge in [-0.3, -0.25) is 0 Å². The van der Waals surface area contributed by atoms with Gasteiger partial charge in [0.25, 0.3) is 0 Å². The van der Waals surface area contributed by atoms with E-state index in [1.165, 1.54) is 5.56 Å². The summed E-state index contributed by atoms with van der Waals surface area (Å²) in [5, 5.41) is 3.42. The maximum Gasteiger partial charge on any atom is 0.130 e. The summed E-state index contributed by atoms with van der Waals surface area (Å²) < 4.78 is 7.30. The van der Waals surface area contributed by atoms with Crippen LogP contribution in [0.4, 0.5) is 5.82 Å². The van der Waals surface area contributed by atoms with Gasteiger partial charge in [0.05, 0.1) is 30.2 Å². The van der Waals surface area contributed by atoms with Crippen LogP contribution in [0.15, 0.2) is 54.9 Å². The van der Waals surface area contributed by atoms with E-state index in [0.29, 0.717) is 0 Å². The molecule has 0 unspecified atom stereocenters. The number of benzene rings is 2. The van der Waals surface area contributed by atoms with Gasteiger partial charge in [-0.1, -0.05) is 18.2 Å². The molecule has 0 aliphatic rings. The third-order valence-corrected chi connectivity index (χ3v) is 4.71. The lowest BCUT2D eigenvalue weighted by molar-refractivity contribution is 0.414. The molecule has 0 bridgehead atoms. The topological polar surface area (TPSA) is 64.9 Å². The second-order valence-corrected chi connectivity index (χ2v) is 6.77. The van der Waals surface area contributed by atoms with Gasteiger partial charge in [-0.05, 0) is 43.2 Å². The van der Waals surface area contributed by atoms with E-state index in [4.69, 9.17) is 4.74 Å². The molecule has 0 radical (unpaired) electrons. The number of rotatable bonds is 6. The molecule has 2 aromatic carbocycles. The molecule has 4 rings (SSSR count). The summed E-state index contributed by atoms with van der Waals surface area (Å²) in [7, 11) is 3.68. The fourth-order valence-corrected chi connectivity index (χ4v) is 3.25. The van der Waals surface area contributed by atoms with E-state index in [1.807, 2.05) is 49.1 Å². The van der Waals surface area contributed by atoms with Crippen molar-refractivity contribution in [3.8, 4) is 17.0 Å². The normalized spacial score (nSPS) is 11.0. The van der Waals surface area contributed by atoms with E-state index in [1.54, 1.807) is 7.11 Å². The molecule has 0 saturated carbocycles. The summed E-state index contributed by atoms with van der Waals surface area (Å²) in [6.07, 6.45) is 2.71. The Balaban J connectivity index is 1.52. The van der Waals surface area contributed by atoms with Gasteiger partial charge < -0.3 is 14.6 Å². The fraction of sp³-hybridized carbons (Fsp3) is 0.227. The van der Waals surface area contributed by atoms with E-state index < -0.39 is 0 Å². The van der Waals surface area contributed by atoms with Crippen LogP contribution in [0, 0.1) is 6.92 Å². The fourth-order valence-electron chi connectivity index (χ4n) is 3.25. The zero-order valence-electron chi connectivity index (χ0n) is 16.3. The summed E-state index contributed by atoms with van der Waals surface area (Å²) >= 11 is 0. The van der Waals surface area contributed by atoms with Crippen molar-refractivity contribution in [1.29, 1.82) is 0 Å². The molecule has 2 aromatic heterocycles. The standard InChI is InChI=1S/C22H23N5O/c1-15-25-20(17-7-8-19-21(12-17)27(2)14-24-19)13-22(26-15)23-10-9-16-5-4-6-18(11-16)28-3/h4-8,11-14H,9-10H2,1-3H3,(H,23,25,26). The second-order valence-electron chi connectivity index (χ2n) is 6.77. The Morgan fingerprint density at radius 1 is 1.07 bits per heavy atom. The van der Waals surface area contributed by atoms with Crippen molar-refractivity contribution in [3.05, 3.63) is 66.2 Å².